The molecule has 0 aromatic heterocycles. The molecule has 0 aromatic rings. The molecule has 2 heterocycles. The van der Waals surface area contributed by atoms with Gasteiger partial charge in [0.15, 0.2) is 0 Å². The van der Waals surface area contributed by atoms with E-state index < -0.39 is 0 Å². The average Bonchev–Trinajstić information content (AvgIpc) is 2.18. The Morgan fingerprint density at radius 1 is 1.50 bits per heavy atom. The van der Waals surface area contributed by atoms with Crippen molar-refractivity contribution >= 4 is 5.78 Å². The molecule has 12 heavy (non-hydrogen) atoms. The first-order chi connectivity index (χ1) is 5.81. The number of nitrogens with one attached hydrogen (secondary N) is 1. The van der Waals surface area contributed by atoms with Crippen molar-refractivity contribution in [2.75, 3.05) is 6.54 Å². The number of ketones is 1. The Balaban J connectivity index is 2.03. The van der Waals surface area contributed by atoms with Gasteiger partial charge in [-0.25, -0.2) is 0 Å². The Morgan fingerprint density at radius 3 is 2.75 bits per heavy atom. The molecule has 0 aromatic carbocycles. The van der Waals surface area contributed by atoms with E-state index in [-0.39, 0.29) is 0 Å². The van der Waals surface area contributed by atoms with Crippen molar-refractivity contribution in [2.24, 2.45) is 11.8 Å². The molecule has 2 saturated heterocycles. The second-order valence-corrected chi connectivity index (χ2v) is 4.12. The molecule has 2 heteroatoms. The predicted octanol–water partition coefficient (Wildman–Crippen LogP) is 1.35. The summed E-state index contributed by atoms with van der Waals surface area (Å²) in [7, 11) is 0. The van der Waals surface area contributed by atoms with Gasteiger partial charge < -0.3 is 5.32 Å². The Bertz CT molecular complexity index is 182. The standard InChI is InChI=1S/C10H17NO/c1-2-10(12)8-5-7-3-4-9(8)11-6-7/h7-9,11H,2-6H2,1H3. The van der Waals surface area contributed by atoms with E-state index in [2.05, 4.69) is 5.32 Å². The molecule has 3 rings (SSSR count). The normalized spacial score (nSPS) is 39.9. The number of piperidine rings is 2. The number of fused-ring (bicyclic) bond motifs is 3. The summed E-state index contributed by atoms with van der Waals surface area (Å²) in [5, 5.41) is 3.46. The molecular weight excluding hydrogens is 150 g/mol. The van der Waals surface area contributed by atoms with E-state index in [1.54, 1.807) is 0 Å². The van der Waals surface area contributed by atoms with Gasteiger partial charge in [-0.15, -0.1) is 0 Å². The second-order valence-electron chi connectivity index (χ2n) is 4.12. The smallest absolute Gasteiger partial charge is 0.137 e. The van der Waals surface area contributed by atoms with Crippen LogP contribution in [0.1, 0.15) is 32.6 Å². The van der Waals surface area contributed by atoms with Gasteiger partial charge in [0.2, 0.25) is 0 Å². The van der Waals surface area contributed by atoms with Gasteiger partial charge in [0.05, 0.1) is 0 Å². The van der Waals surface area contributed by atoms with Crippen LogP contribution in [0.5, 0.6) is 0 Å². The molecule has 3 fully saturated rings. The maximum atomic E-state index is 11.5. The van der Waals surface area contributed by atoms with Gasteiger partial charge in [0.1, 0.15) is 5.78 Å². The van der Waals surface area contributed by atoms with Crippen LogP contribution < -0.4 is 5.32 Å². The quantitative estimate of drug-likeness (QED) is 0.672. The maximum absolute atomic E-state index is 11.5. The minimum atomic E-state index is 0.350. The molecule has 2 aliphatic heterocycles. The number of rotatable bonds is 2. The number of carbonyl (C=O) groups is 1. The van der Waals surface area contributed by atoms with Crippen molar-refractivity contribution in [3.05, 3.63) is 0 Å². The molecule has 1 aliphatic carbocycles. The molecule has 2 bridgehead atoms. The summed E-state index contributed by atoms with van der Waals surface area (Å²) in [6.07, 6.45) is 4.44. The highest BCUT2D eigenvalue weighted by Gasteiger charge is 2.38. The fraction of sp³-hybridized carbons (Fsp3) is 0.900. The summed E-state index contributed by atoms with van der Waals surface area (Å²) in [4.78, 5) is 11.5. The first-order valence-corrected chi connectivity index (χ1v) is 5.07. The van der Waals surface area contributed by atoms with Crippen molar-refractivity contribution < 1.29 is 4.79 Å². The molecule has 3 unspecified atom stereocenters. The van der Waals surface area contributed by atoms with Gasteiger partial charge in [-0.3, -0.25) is 4.79 Å². The Kier molecular flexibility index (Phi) is 2.18. The van der Waals surface area contributed by atoms with Crippen molar-refractivity contribution in [3.8, 4) is 0 Å². The molecule has 2 nitrogen and oxygen atoms in total. The lowest BCUT2D eigenvalue weighted by molar-refractivity contribution is -0.126. The van der Waals surface area contributed by atoms with Crippen molar-refractivity contribution in [1.29, 1.82) is 0 Å². The fourth-order valence-corrected chi connectivity index (χ4v) is 2.62. The van der Waals surface area contributed by atoms with Crippen molar-refractivity contribution in [2.45, 2.75) is 38.6 Å². The Morgan fingerprint density at radius 2 is 2.33 bits per heavy atom. The van der Waals surface area contributed by atoms with Crippen LogP contribution in [0.4, 0.5) is 0 Å². The number of Topliss-reactive ketones (excluding diaryl/α,β-unsaturated/α-hetero) is 1. The predicted molar refractivity (Wildman–Crippen MR) is 47.9 cm³/mol. The molecular formula is C10H17NO. The van der Waals surface area contributed by atoms with Gasteiger partial charge in [-0.05, 0) is 31.7 Å². The van der Waals surface area contributed by atoms with Crippen molar-refractivity contribution in [1.82, 2.24) is 5.32 Å². The summed E-state index contributed by atoms with van der Waals surface area (Å²) in [6.45, 7) is 3.13. The number of hydrogen-bond acceptors (Lipinski definition) is 2. The molecule has 0 spiro atoms. The Labute approximate surface area is 73.7 Å². The van der Waals surface area contributed by atoms with Crippen LogP contribution >= 0.6 is 0 Å². The van der Waals surface area contributed by atoms with Gasteiger partial charge in [0, 0.05) is 18.4 Å². The average molecular weight is 167 g/mol. The first-order valence-electron chi connectivity index (χ1n) is 5.07. The highest BCUT2D eigenvalue weighted by atomic mass is 16.1. The minimum Gasteiger partial charge on any atom is -0.313 e. The largest absolute Gasteiger partial charge is 0.313 e. The Hall–Kier alpha value is -0.370. The van der Waals surface area contributed by atoms with E-state index in [1.807, 2.05) is 6.92 Å². The molecule has 68 valence electrons. The lowest BCUT2D eigenvalue weighted by Gasteiger charge is -2.42. The van der Waals surface area contributed by atoms with Crippen molar-refractivity contribution in [3.63, 3.8) is 0 Å². The van der Waals surface area contributed by atoms with E-state index in [0.717, 1.165) is 25.3 Å². The summed E-state index contributed by atoms with van der Waals surface area (Å²) >= 11 is 0. The van der Waals surface area contributed by atoms with Crippen LogP contribution in [0.25, 0.3) is 0 Å². The third kappa shape index (κ3) is 1.28. The zero-order valence-corrected chi connectivity index (χ0v) is 7.68. The summed E-state index contributed by atoms with van der Waals surface area (Å²) in [6, 6.07) is 0.516. The molecule has 0 amide bonds. The fourth-order valence-electron chi connectivity index (χ4n) is 2.62. The summed E-state index contributed by atoms with van der Waals surface area (Å²) < 4.78 is 0. The first kappa shape index (κ1) is 8.24. The zero-order chi connectivity index (χ0) is 8.55. The van der Waals surface area contributed by atoms with Gasteiger partial charge >= 0.3 is 0 Å². The summed E-state index contributed by atoms with van der Waals surface area (Å²) in [5.74, 6) is 1.61. The summed E-state index contributed by atoms with van der Waals surface area (Å²) in [5.41, 5.74) is 0. The topological polar surface area (TPSA) is 29.1 Å². The number of carbonyl (C=O) groups excluding carboxylic acids is 1. The van der Waals surface area contributed by atoms with E-state index in [9.17, 15) is 4.79 Å². The maximum Gasteiger partial charge on any atom is 0.137 e. The lowest BCUT2D eigenvalue weighted by atomic mass is 9.72. The second kappa shape index (κ2) is 3.17. The molecule has 3 aliphatic rings. The third-order valence-corrected chi connectivity index (χ3v) is 3.39. The van der Waals surface area contributed by atoms with Crippen LogP contribution in [-0.2, 0) is 4.79 Å². The van der Waals surface area contributed by atoms with Gasteiger partial charge in [0.25, 0.3) is 0 Å². The van der Waals surface area contributed by atoms with Crippen LogP contribution in [0, 0.1) is 11.8 Å². The highest BCUT2D eigenvalue weighted by Crippen LogP contribution is 2.34. The SMILES string of the molecule is CCC(=O)C1CC2CCC1NC2. The van der Waals surface area contributed by atoms with Crippen LogP contribution in [0.15, 0.2) is 0 Å². The molecule has 3 atom stereocenters. The molecule has 1 N–H and O–H groups in total. The van der Waals surface area contributed by atoms with Crippen LogP contribution in [0.2, 0.25) is 0 Å². The molecule has 0 radical (unpaired) electrons. The zero-order valence-electron chi connectivity index (χ0n) is 7.68. The monoisotopic (exact) mass is 167 g/mol. The van der Waals surface area contributed by atoms with Crippen LogP contribution in [-0.4, -0.2) is 18.4 Å². The van der Waals surface area contributed by atoms with Crippen LogP contribution in [0.3, 0.4) is 0 Å². The van der Waals surface area contributed by atoms with Gasteiger partial charge in [-0.2, -0.15) is 0 Å². The highest BCUT2D eigenvalue weighted by molar-refractivity contribution is 5.81. The molecule has 1 saturated carbocycles. The van der Waals surface area contributed by atoms with E-state index in [0.29, 0.717) is 17.7 Å². The van der Waals surface area contributed by atoms with Gasteiger partial charge in [-0.1, -0.05) is 6.92 Å². The van der Waals surface area contributed by atoms with E-state index in [4.69, 9.17) is 0 Å². The third-order valence-electron chi connectivity index (χ3n) is 3.39. The lowest BCUT2D eigenvalue weighted by Crippen LogP contribution is -2.52. The number of hydrogen-bond donors (Lipinski definition) is 1. The van der Waals surface area contributed by atoms with E-state index in [1.165, 1.54) is 12.8 Å². The van der Waals surface area contributed by atoms with E-state index >= 15 is 0 Å². The minimum absolute atomic E-state index is 0.350.